The maximum Gasteiger partial charge on any atom is 0.126 e. The van der Waals surface area contributed by atoms with Gasteiger partial charge in [-0.2, -0.15) is 0 Å². The second kappa shape index (κ2) is 5.76. The average molecular weight is 254 g/mol. The summed E-state index contributed by atoms with van der Waals surface area (Å²) in [5.74, 6) is -0.993. The second-order valence-corrected chi connectivity index (χ2v) is 4.98. The molecular formula is C14H20F2N2. The van der Waals surface area contributed by atoms with E-state index in [0.717, 1.165) is 37.6 Å². The fourth-order valence-corrected chi connectivity index (χ4v) is 2.71. The van der Waals surface area contributed by atoms with Crippen molar-refractivity contribution < 1.29 is 8.78 Å². The van der Waals surface area contributed by atoms with Crippen LogP contribution in [0.15, 0.2) is 18.2 Å². The maximum atomic E-state index is 13.3. The average Bonchev–Trinajstić information content (AvgIpc) is 2.30. The van der Waals surface area contributed by atoms with Crippen molar-refractivity contribution >= 4 is 0 Å². The molecule has 2 nitrogen and oxygen atoms in total. The predicted octanol–water partition coefficient (Wildman–Crippen LogP) is 2.71. The molecule has 1 aromatic carbocycles. The van der Waals surface area contributed by atoms with Crippen LogP contribution in [0.5, 0.6) is 0 Å². The molecule has 0 unspecified atom stereocenters. The van der Waals surface area contributed by atoms with E-state index < -0.39 is 11.6 Å². The fourth-order valence-electron chi connectivity index (χ4n) is 2.71. The van der Waals surface area contributed by atoms with Gasteiger partial charge in [0, 0.05) is 18.2 Å². The van der Waals surface area contributed by atoms with Crippen molar-refractivity contribution in [2.75, 3.05) is 20.1 Å². The van der Waals surface area contributed by atoms with Gasteiger partial charge in [0.15, 0.2) is 0 Å². The first-order valence-electron chi connectivity index (χ1n) is 6.49. The topological polar surface area (TPSA) is 15.3 Å². The minimum Gasteiger partial charge on any atom is -0.314 e. The molecule has 0 saturated carbocycles. The molecule has 0 aliphatic carbocycles. The van der Waals surface area contributed by atoms with Crippen LogP contribution in [-0.2, 0) is 0 Å². The van der Waals surface area contributed by atoms with Gasteiger partial charge in [-0.1, -0.05) is 6.92 Å². The van der Waals surface area contributed by atoms with E-state index in [2.05, 4.69) is 17.1 Å². The highest BCUT2D eigenvalue weighted by atomic mass is 19.1. The highest BCUT2D eigenvalue weighted by molar-refractivity contribution is 5.22. The zero-order chi connectivity index (χ0) is 13.1. The molecule has 18 heavy (non-hydrogen) atoms. The van der Waals surface area contributed by atoms with E-state index in [9.17, 15) is 8.78 Å². The van der Waals surface area contributed by atoms with Crippen LogP contribution in [0.1, 0.15) is 31.4 Å². The molecule has 0 radical (unpaired) electrons. The Hall–Kier alpha value is -1.00. The molecular weight excluding hydrogens is 234 g/mol. The standard InChI is InChI=1S/C14H20F2N2/c1-3-17-13-4-5-18(2)14(9-13)10-6-11(15)8-12(16)7-10/h6-8,13-14,17H,3-5,9H2,1-2H3/t13-,14+/m1/s1. The van der Waals surface area contributed by atoms with Gasteiger partial charge in [0.1, 0.15) is 11.6 Å². The molecule has 0 bridgehead atoms. The quantitative estimate of drug-likeness (QED) is 0.892. The van der Waals surface area contributed by atoms with E-state index in [1.807, 2.05) is 7.05 Å². The summed E-state index contributed by atoms with van der Waals surface area (Å²) in [4.78, 5) is 2.17. The van der Waals surface area contributed by atoms with Crippen LogP contribution in [0.2, 0.25) is 0 Å². The summed E-state index contributed by atoms with van der Waals surface area (Å²) in [6.07, 6.45) is 1.98. The Bertz CT molecular complexity index is 389. The third kappa shape index (κ3) is 3.06. The molecule has 1 aliphatic heterocycles. The van der Waals surface area contributed by atoms with Crippen molar-refractivity contribution in [1.82, 2.24) is 10.2 Å². The van der Waals surface area contributed by atoms with Crippen molar-refractivity contribution in [3.63, 3.8) is 0 Å². The number of piperidine rings is 1. The Labute approximate surface area is 107 Å². The molecule has 1 N–H and O–H groups in total. The number of likely N-dealkylation sites (tertiary alicyclic amines) is 1. The molecule has 100 valence electrons. The van der Waals surface area contributed by atoms with Gasteiger partial charge in [-0.05, 0) is 50.7 Å². The van der Waals surface area contributed by atoms with Crippen LogP contribution in [0.25, 0.3) is 0 Å². The smallest absolute Gasteiger partial charge is 0.126 e. The minimum absolute atomic E-state index is 0.0907. The monoisotopic (exact) mass is 254 g/mol. The van der Waals surface area contributed by atoms with E-state index in [-0.39, 0.29) is 6.04 Å². The summed E-state index contributed by atoms with van der Waals surface area (Å²) in [5, 5.41) is 3.42. The van der Waals surface area contributed by atoms with E-state index in [1.165, 1.54) is 12.1 Å². The van der Waals surface area contributed by atoms with Gasteiger partial charge in [0.25, 0.3) is 0 Å². The minimum atomic E-state index is -0.496. The zero-order valence-electron chi connectivity index (χ0n) is 10.9. The Kier molecular flexibility index (Phi) is 4.30. The normalized spacial score (nSPS) is 25.3. The van der Waals surface area contributed by atoms with Crippen molar-refractivity contribution in [1.29, 1.82) is 0 Å². The Morgan fingerprint density at radius 2 is 1.94 bits per heavy atom. The molecule has 2 atom stereocenters. The van der Waals surface area contributed by atoms with E-state index >= 15 is 0 Å². The summed E-state index contributed by atoms with van der Waals surface area (Å²) < 4.78 is 26.6. The fraction of sp³-hybridized carbons (Fsp3) is 0.571. The molecule has 1 saturated heterocycles. The van der Waals surface area contributed by atoms with E-state index in [0.29, 0.717) is 6.04 Å². The Morgan fingerprint density at radius 3 is 2.56 bits per heavy atom. The molecule has 0 amide bonds. The lowest BCUT2D eigenvalue weighted by atomic mass is 9.92. The highest BCUT2D eigenvalue weighted by Crippen LogP contribution is 2.30. The largest absolute Gasteiger partial charge is 0.314 e. The van der Waals surface area contributed by atoms with Crippen LogP contribution >= 0.6 is 0 Å². The summed E-state index contributed by atoms with van der Waals surface area (Å²) in [7, 11) is 2.01. The molecule has 4 heteroatoms. The van der Waals surface area contributed by atoms with Crippen LogP contribution in [0.4, 0.5) is 8.78 Å². The van der Waals surface area contributed by atoms with Crippen molar-refractivity contribution in [3.8, 4) is 0 Å². The summed E-state index contributed by atoms with van der Waals surface area (Å²) in [6, 6.07) is 4.33. The Morgan fingerprint density at radius 1 is 1.28 bits per heavy atom. The van der Waals surface area contributed by atoms with E-state index in [1.54, 1.807) is 0 Å². The number of benzene rings is 1. The third-order valence-corrected chi connectivity index (χ3v) is 3.63. The number of rotatable bonds is 3. The van der Waals surface area contributed by atoms with Crippen molar-refractivity contribution in [2.45, 2.75) is 31.8 Å². The molecule has 1 aromatic rings. The van der Waals surface area contributed by atoms with Gasteiger partial charge in [0.2, 0.25) is 0 Å². The predicted molar refractivity (Wildman–Crippen MR) is 68.4 cm³/mol. The van der Waals surface area contributed by atoms with Gasteiger partial charge in [-0.15, -0.1) is 0 Å². The second-order valence-electron chi connectivity index (χ2n) is 4.98. The number of nitrogens with zero attached hydrogens (tertiary/aromatic N) is 1. The molecule has 1 aliphatic rings. The van der Waals surface area contributed by atoms with Gasteiger partial charge < -0.3 is 5.32 Å². The lowest BCUT2D eigenvalue weighted by Gasteiger charge is -2.37. The van der Waals surface area contributed by atoms with Gasteiger partial charge >= 0.3 is 0 Å². The first-order chi connectivity index (χ1) is 8.60. The lowest BCUT2D eigenvalue weighted by Crippen LogP contribution is -2.42. The van der Waals surface area contributed by atoms with Crippen LogP contribution < -0.4 is 5.32 Å². The number of hydrogen-bond acceptors (Lipinski definition) is 2. The molecule has 1 heterocycles. The van der Waals surface area contributed by atoms with Gasteiger partial charge in [0.05, 0.1) is 0 Å². The lowest BCUT2D eigenvalue weighted by molar-refractivity contribution is 0.157. The SMILES string of the molecule is CCN[C@@H]1CCN(C)[C@H](c2cc(F)cc(F)c2)C1. The maximum absolute atomic E-state index is 13.3. The first kappa shape index (κ1) is 13.4. The van der Waals surface area contributed by atoms with Crippen molar-refractivity contribution in [3.05, 3.63) is 35.4 Å². The highest BCUT2D eigenvalue weighted by Gasteiger charge is 2.27. The summed E-state index contributed by atoms with van der Waals surface area (Å²) in [5.41, 5.74) is 0.734. The van der Waals surface area contributed by atoms with Gasteiger partial charge in [-0.3, -0.25) is 4.90 Å². The van der Waals surface area contributed by atoms with Crippen molar-refractivity contribution in [2.24, 2.45) is 0 Å². The van der Waals surface area contributed by atoms with Crippen LogP contribution in [0.3, 0.4) is 0 Å². The molecule has 0 spiro atoms. The number of nitrogens with one attached hydrogen (secondary N) is 1. The summed E-state index contributed by atoms with van der Waals surface area (Å²) in [6.45, 7) is 3.95. The number of halogens is 2. The van der Waals surface area contributed by atoms with Crippen LogP contribution in [0, 0.1) is 11.6 Å². The Balaban J connectivity index is 2.18. The summed E-state index contributed by atoms with van der Waals surface area (Å²) >= 11 is 0. The molecule has 1 fully saturated rings. The van der Waals surface area contributed by atoms with Crippen LogP contribution in [-0.4, -0.2) is 31.1 Å². The number of hydrogen-bond donors (Lipinski definition) is 1. The zero-order valence-corrected chi connectivity index (χ0v) is 10.9. The van der Waals surface area contributed by atoms with Gasteiger partial charge in [-0.25, -0.2) is 8.78 Å². The third-order valence-electron chi connectivity index (χ3n) is 3.63. The van der Waals surface area contributed by atoms with E-state index in [4.69, 9.17) is 0 Å². The molecule has 0 aromatic heterocycles. The first-order valence-corrected chi connectivity index (χ1v) is 6.49. The molecule has 2 rings (SSSR count).